The number of benzene rings is 2. The molecular weight excluding hydrogens is 472 g/mol. The minimum Gasteiger partial charge on any atom is -0.385 e. The second-order valence-corrected chi connectivity index (χ2v) is 10.9. The Morgan fingerprint density at radius 2 is 1.71 bits per heavy atom. The van der Waals surface area contributed by atoms with Crippen molar-refractivity contribution in [1.82, 2.24) is 29.5 Å². The Balaban J connectivity index is 1.03. The molecule has 4 aromatic rings. The second kappa shape index (κ2) is 11.8. The predicted octanol–water partition coefficient (Wildman–Crippen LogP) is 5.16. The van der Waals surface area contributed by atoms with Crippen molar-refractivity contribution in [2.24, 2.45) is 0 Å². The Labute approximate surface area is 225 Å². The summed E-state index contributed by atoms with van der Waals surface area (Å²) in [4.78, 5) is 13.7. The standard InChI is InChI=1S/C31H40N6O/c1-38-21-5-15-35-16-10-26(11-17-35)36-18-12-27(13-19-36)37-20-14-28(34-37)25-8-9-29-30(23-25)33-31(32-29)22-24-6-3-2-4-7-24/h2-4,6-9,14,20,23,26-27H,5,10-13,15-19,21-22H2,1H3,(H,32,33). The highest BCUT2D eigenvalue weighted by atomic mass is 16.5. The number of aromatic amines is 1. The SMILES string of the molecule is COCCCN1CCC(N2CCC(n3ccc(-c4ccc5nc(Cc6ccccc6)[nH]c5c4)n3)CC2)CC1. The maximum atomic E-state index is 5.21. The van der Waals surface area contributed by atoms with E-state index < -0.39 is 0 Å². The summed E-state index contributed by atoms with van der Waals surface area (Å²) in [5, 5.41) is 5.02. The molecule has 0 unspecified atom stereocenters. The Morgan fingerprint density at radius 3 is 2.50 bits per heavy atom. The highest BCUT2D eigenvalue weighted by molar-refractivity contribution is 5.81. The topological polar surface area (TPSA) is 62.2 Å². The number of H-pyrrole nitrogens is 1. The Hall–Kier alpha value is -3.00. The molecule has 0 amide bonds. The van der Waals surface area contributed by atoms with Gasteiger partial charge in [-0.1, -0.05) is 36.4 Å². The van der Waals surface area contributed by atoms with Gasteiger partial charge in [0.25, 0.3) is 0 Å². The van der Waals surface area contributed by atoms with Crippen molar-refractivity contribution in [3.63, 3.8) is 0 Å². The number of ether oxygens (including phenoxy) is 1. The van der Waals surface area contributed by atoms with Gasteiger partial charge < -0.3 is 19.5 Å². The van der Waals surface area contributed by atoms with Crippen LogP contribution in [0.4, 0.5) is 0 Å². The van der Waals surface area contributed by atoms with Crippen LogP contribution >= 0.6 is 0 Å². The first kappa shape index (κ1) is 25.3. The first-order valence-corrected chi connectivity index (χ1v) is 14.3. The number of hydrogen-bond acceptors (Lipinski definition) is 5. The summed E-state index contributed by atoms with van der Waals surface area (Å²) in [6, 6.07) is 20.3. The zero-order valence-electron chi connectivity index (χ0n) is 22.6. The lowest BCUT2D eigenvalue weighted by atomic mass is 9.98. The Bertz CT molecular complexity index is 1300. The molecule has 2 aromatic carbocycles. The zero-order valence-corrected chi connectivity index (χ0v) is 22.6. The molecule has 2 aliphatic rings. The van der Waals surface area contributed by atoms with Crippen LogP contribution in [-0.4, -0.2) is 82.0 Å². The van der Waals surface area contributed by atoms with Gasteiger partial charge in [-0.05, 0) is 69.0 Å². The molecule has 6 rings (SSSR count). The summed E-state index contributed by atoms with van der Waals surface area (Å²) in [5.41, 5.74) is 5.52. The summed E-state index contributed by atoms with van der Waals surface area (Å²) in [7, 11) is 1.79. The van der Waals surface area contributed by atoms with E-state index in [1.165, 1.54) is 64.0 Å². The van der Waals surface area contributed by atoms with Gasteiger partial charge in [-0.25, -0.2) is 4.98 Å². The maximum Gasteiger partial charge on any atom is 0.111 e. The van der Waals surface area contributed by atoms with Crippen LogP contribution in [0.3, 0.4) is 0 Å². The number of rotatable bonds is 9. The molecule has 0 atom stereocenters. The molecule has 2 aromatic heterocycles. The van der Waals surface area contributed by atoms with Crippen molar-refractivity contribution in [2.75, 3.05) is 46.4 Å². The molecule has 7 nitrogen and oxygen atoms in total. The number of methoxy groups -OCH3 is 1. The molecule has 38 heavy (non-hydrogen) atoms. The number of nitrogens with zero attached hydrogens (tertiary/aromatic N) is 5. The smallest absolute Gasteiger partial charge is 0.111 e. The van der Waals surface area contributed by atoms with Gasteiger partial charge in [0.1, 0.15) is 5.82 Å². The molecule has 2 saturated heterocycles. The van der Waals surface area contributed by atoms with Gasteiger partial charge in [-0.3, -0.25) is 4.68 Å². The number of fused-ring (bicyclic) bond motifs is 1. The summed E-state index contributed by atoms with van der Waals surface area (Å²) >= 11 is 0. The summed E-state index contributed by atoms with van der Waals surface area (Å²) < 4.78 is 7.42. The van der Waals surface area contributed by atoms with Crippen LogP contribution in [-0.2, 0) is 11.2 Å². The van der Waals surface area contributed by atoms with Crippen molar-refractivity contribution >= 4 is 11.0 Å². The molecule has 4 heterocycles. The van der Waals surface area contributed by atoms with E-state index in [2.05, 4.69) is 74.2 Å². The average Bonchev–Trinajstić information content (AvgIpc) is 3.61. The van der Waals surface area contributed by atoms with Gasteiger partial charge in [0, 0.05) is 57.6 Å². The third-order valence-corrected chi connectivity index (χ3v) is 8.42. The molecule has 0 bridgehead atoms. The monoisotopic (exact) mass is 512 g/mol. The fourth-order valence-corrected chi connectivity index (χ4v) is 6.25. The minimum atomic E-state index is 0.488. The van der Waals surface area contributed by atoms with Crippen LogP contribution in [0.2, 0.25) is 0 Å². The van der Waals surface area contributed by atoms with E-state index in [0.717, 1.165) is 53.6 Å². The summed E-state index contributed by atoms with van der Waals surface area (Å²) in [5.74, 6) is 0.998. The Morgan fingerprint density at radius 1 is 0.921 bits per heavy atom. The molecule has 0 spiro atoms. The molecule has 0 aliphatic carbocycles. The molecule has 0 saturated carbocycles. The van der Waals surface area contributed by atoms with Gasteiger partial charge in [0.05, 0.1) is 22.8 Å². The fourth-order valence-electron chi connectivity index (χ4n) is 6.25. The zero-order chi connectivity index (χ0) is 25.7. The van der Waals surface area contributed by atoms with E-state index in [1.54, 1.807) is 7.11 Å². The lowest BCUT2D eigenvalue weighted by Crippen LogP contribution is -2.48. The molecule has 7 heteroatoms. The van der Waals surface area contributed by atoms with Gasteiger partial charge >= 0.3 is 0 Å². The molecule has 1 N–H and O–H groups in total. The van der Waals surface area contributed by atoms with Gasteiger partial charge in [0.2, 0.25) is 0 Å². The fraction of sp³-hybridized carbons (Fsp3) is 0.484. The lowest BCUT2D eigenvalue weighted by Gasteiger charge is -2.41. The number of aromatic nitrogens is 4. The number of imidazole rings is 1. The largest absolute Gasteiger partial charge is 0.385 e. The quantitative estimate of drug-likeness (QED) is 0.314. The average molecular weight is 513 g/mol. The normalized spacial score (nSPS) is 18.4. The van der Waals surface area contributed by atoms with Crippen molar-refractivity contribution in [1.29, 1.82) is 0 Å². The lowest BCUT2D eigenvalue weighted by molar-refractivity contribution is 0.0736. The highest BCUT2D eigenvalue weighted by Crippen LogP contribution is 2.29. The number of likely N-dealkylation sites (tertiary alicyclic amines) is 2. The van der Waals surface area contributed by atoms with Crippen LogP contribution < -0.4 is 0 Å². The summed E-state index contributed by atoms with van der Waals surface area (Å²) in [6.07, 6.45) is 9.08. The van der Waals surface area contributed by atoms with Crippen LogP contribution in [0.5, 0.6) is 0 Å². The second-order valence-electron chi connectivity index (χ2n) is 10.9. The summed E-state index contributed by atoms with van der Waals surface area (Å²) in [6.45, 7) is 6.86. The minimum absolute atomic E-state index is 0.488. The van der Waals surface area contributed by atoms with Gasteiger partial charge in [0.15, 0.2) is 0 Å². The maximum absolute atomic E-state index is 5.21. The number of piperidine rings is 2. The van der Waals surface area contributed by atoms with Crippen LogP contribution in [0.1, 0.15) is 49.5 Å². The van der Waals surface area contributed by atoms with Gasteiger partial charge in [-0.15, -0.1) is 0 Å². The first-order chi connectivity index (χ1) is 18.7. The molecule has 2 aliphatic heterocycles. The molecular formula is C31H40N6O. The predicted molar refractivity (Wildman–Crippen MR) is 152 cm³/mol. The van der Waals surface area contributed by atoms with E-state index >= 15 is 0 Å². The molecule has 0 radical (unpaired) electrons. The van der Waals surface area contributed by atoms with E-state index in [4.69, 9.17) is 14.8 Å². The van der Waals surface area contributed by atoms with E-state index in [1.807, 2.05) is 6.07 Å². The van der Waals surface area contributed by atoms with Crippen LogP contribution in [0, 0.1) is 0 Å². The highest BCUT2D eigenvalue weighted by Gasteiger charge is 2.29. The van der Waals surface area contributed by atoms with Crippen molar-refractivity contribution in [2.45, 2.75) is 50.6 Å². The first-order valence-electron chi connectivity index (χ1n) is 14.3. The van der Waals surface area contributed by atoms with E-state index in [-0.39, 0.29) is 0 Å². The van der Waals surface area contributed by atoms with Crippen LogP contribution in [0.25, 0.3) is 22.3 Å². The van der Waals surface area contributed by atoms with Crippen molar-refractivity contribution in [3.8, 4) is 11.3 Å². The third kappa shape index (κ3) is 5.85. The van der Waals surface area contributed by atoms with Crippen molar-refractivity contribution < 1.29 is 4.74 Å². The molecule has 2 fully saturated rings. The molecule has 200 valence electrons. The van der Waals surface area contributed by atoms with E-state index in [0.29, 0.717) is 6.04 Å². The Kier molecular flexibility index (Phi) is 7.86. The van der Waals surface area contributed by atoms with E-state index in [9.17, 15) is 0 Å². The number of nitrogens with one attached hydrogen (secondary N) is 1. The van der Waals surface area contributed by atoms with Crippen molar-refractivity contribution in [3.05, 3.63) is 72.2 Å². The van der Waals surface area contributed by atoms with Crippen LogP contribution in [0.15, 0.2) is 60.8 Å². The van der Waals surface area contributed by atoms with Gasteiger partial charge in [-0.2, -0.15) is 5.10 Å². The number of hydrogen-bond donors (Lipinski definition) is 1. The third-order valence-electron chi connectivity index (χ3n) is 8.42.